The van der Waals surface area contributed by atoms with Gasteiger partial charge in [0.05, 0.1) is 0 Å². The largest absolute Gasteiger partial charge is 0.310 e. The minimum atomic E-state index is 0.558. The summed E-state index contributed by atoms with van der Waals surface area (Å²) in [5.41, 5.74) is 1.53. The molecular formula is C17H31N3S. The molecule has 120 valence electrons. The molecule has 1 aromatic heterocycles. The summed E-state index contributed by atoms with van der Waals surface area (Å²) in [4.78, 5) is 8.17. The van der Waals surface area contributed by atoms with Crippen molar-refractivity contribution in [2.45, 2.75) is 53.2 Å². The van der Waals surface area contributed by atoms with Crippen molar-refractivity contribution in [3.8, 4) is 0 Å². The van der Waals surface area contributed by atoms with Gasteiger partial charge in [0, 0.05) is 55.1 Å². The highest BCUT2D eigenvalue weighted by molar-refractivity contribution is 7.12. The van der Waals surface area contributed by atoms with Crippen molar-refractivity contribution in [3.63, 3.8) is 0 Å². The number of nitrogens with one attached hydrogen (secondary N) is 1. The van der Waals surface area contributed by atoms with Crippen molar-refractivity contribution in [2.75, 3.05) is 32.7 Å². The second-order valence-electron chi connectivity index (χ2n) is 6.45. The first-order valence-corrected chi connectivity index (χ1v) is 9.16. The number of aryl methyl sites for hydroxylation is 1. The zero-order valence-corrected chi connectivity index (χ0v) is 14.9. The number of hydrogen-bond acceptors (Lipinski definition) is 4. The number of rotatable bonds is 7. The lowest BCUT2D eigenvalue weighted by molar-refractivity contribution is 0.127. The second-order valence-corrected chi connectivity index (χ2v) is 7.79. The summed E-state index contributed by atoms with van der Waals surface area (Å²) >= 11 is 1.95. The fourth-order valence-electron chi connectivity index (χ4n) is 2.86. The van der Waals surface area contributed by atoms with E-state index in [1.165, 1.54) is 54.5 Å². The van der Waals surface area contributed by atoms with E-state index in [0.717, 1.165) is 13.1 Å². The van der Waals surface area contributed by atoms with E-state index >= 15 is 0 Å². The molecule has 2 heterocycles. The van der Waals surface area contributed by atoms with E-state index in [1.807, 2.05) is 11.3 Å². The lowest BCUT2D eigenvalue weighted by Crippen LogP contribution is -2.45. The molecule has 0 atom stereocenters. The van der Waals surface area contributed by atoms with Crippen LogP contribution < -0.4 is 5.32 Å². The molecule has 0 bridgehead atoms. The third-order valence-electron chi connectivity index (χ3n) is 4.15. The molecule has 1 fully saturated rings. The van der Waals surface area contributed by atoms with Crippen LogP contribution in [0.4, 0.5) is 0 Å². The predicted octanol–water partition coefficient (Wildman–Crippen LogP) is 3.08. The van der Waals surface area contributed by atoms with E-state index in [-0.39, 0.29) is 0 Å². The molecule has 1 aliphatic heterocycles. The van der Waals surface area contributed by atoms with E-state index in [2.05, 4.69) is 48.9 Å². The molecule has 4 heteroatoms. The van der Waals surface area contributed by atoms with Gasteiger partial charge in [0.15, 0.2) is 0 Å². The molecule has 1 saturated heterocycles. The SMILES string of the molecule is CCCN1CCN(Cc2cc(CNC(C)C)sc2C)CC1. The average Bonchev–Trinajstić information content (AvgIpc) is 2.80. The Hall–Kier alpha value is -0.420. The number of piperazine rings is 1. The van der Waals surface area contributed by atoms with Crippen LogP contribution in [-0.2, 0) is 13.1 Å². The summed E-state index contributed by atoms with van der Waals surface area (Å²) in [5.74, 6) is 0. The molecule has 21 heavy (non-hydrogen) atoms. The Kier molecular flexibility index (Phi) is 6.68. The van der Waals surface area contributed by atoms with E-state index in [0.29, 0.717) is 6.04 Å². The minimum Gasteiger partial charge on any atom is -0.310 e. The topological polar surface area (TPSA) is 18.5 Å². The van der Waals surface area contributed by atoms with Gasteiger partial charge < -0.3 is 10.2 Å². The van der Waals surface area contributed by atoms with Crippen LogP contribution in [0, 0.1) is 6.92 Å². The van der Waals surface area contributed by atoms with Crippen LogP contribution in [0.15, 0.2) is 6.07 Å². The van der Waals surface area contributed by atoms with Crippen LogP contribution in [-0.4, -0.2) is 48.6 Å². The molecule has 0 aliphatic carbocycles. The average molecular weight is 310 g/mol. The Balaban J connectivity index is 1.83. The molecule has 1 aromatic rings. The molecule has 0 radical (unpaired) electrons. The molecule has 0 unspecified atom stereocenters. The number of nitrogens with zero attached hydrogens (tertiary/aromatic N) is 2. The van der Waals surface area contributed by atoms with Gasteiger partial charge >= 0.3 is 0 Å². The van der Waals surface area contributed by atoms with Gasteiger partial charge in [-0.25, -0.2) is 0 Å². The van der Waals surface area contributed by atoms with Crippen molar-refractivity contribution < 1.29 is 0 Å². The Morgan fingerprint density at radius 1 is 1.19 bits per heavy atom. The molecule has 0 saturated carbocycles. The van der Waals surface area contributed by atoms with Crippen LogP contribution in [0.25, 0.3) is 0 Å². The van der Waals surface area contributed by atoms with Gasteiger partial charge in [0.2, 0.25) is 0 Å². The molecule has 0 aromatic carbocycles. The monoisotopic (exact) mass is 309 g/mol. The van der Waals surface area contributed by atoms with Gasteiger partial charge in [-0.2, -0.15) is 0 Å². The molecule has 0 spiro atoms. The van der Waals surface area contributed by atoms with Crippen molar-refractivity contribution in [2.24, 2.45) is 0 Å². The van der Waals surface area contributed by atoms with E-state index in [4.69, 9.17) is 0 Å². The molecule has 1 N–H and O–H groups in total. The first-order valence-electron chi connectivity index (χ1n) is 8.34. The first-order chi connectivity index (χ1) is 10.1. The van der Waals surface area contributed by atoms with Crippen LogP contribution in [0.2, 0.25) is 0 Å². The van der Waals surface area contributed by atoms with Gasteiger partial charge in [-0.15, -0.1) is 11.3 Å². The zero-order valence-electron chi connectivity index (χ0n) is 14.1. The van der Waals surface area contributed by atoms with Gasteiger partial charge in [-0.05, 0) is 31.5 Å². The zero-order chi connectivity index (χ0) is 15.2. The highest BCUT2D eigenvalue weighted by Gasteiger charge is 2.17. The summed E-state index contributed by atoms with van der Waals surface area (Å²) in [7, 11) is 0. The maximum Gasteiger partial charge on any atom is 0.0302 e. The number of hydrogen-bond donors (Lipinski definition) is 1. The fourth-order valence-corrected chi connectivity index (χ4v) is 3.87. The summed E-state index contributed by atoms with van der Waals surface area (Å²) in [6.45, 7) is 17.3. The number of thiophene rings is 1. The highest BCUT2D eigenvalue weighted by Crippen LogP contribution is 2.23. The molecule has 0 amide bonds. The third kappa shape index (κ3) is 5.37. The highest BCUT2D eigenvalue weighted by atomic mass is 32.1. The Morgan fingerprint density at radius 3 is 2.48 bits per heavy atom. The van der Waals surface area contributed by atoms with Crippen molar-refractivity contribution in [3.05, 3.63) is 21.4 Å². The molecule has 3 nitrogen and oxygen atoms in total. The summed E-state index contributed by atoms with van der Waals surface area (Å²) in [5, 5.41) is 3.52. The van der Waals surface area contributed by atoms with Crippen LogP contribution in [0.1, 0.15) is 42.5 Å². The maximum absolute atomic E-state index is 3.52. The molecule has 1 aliphatic rings. The lowest BCUT2D eigenvalue weighted by atomic mass is 10.2. The normalized spacial score (nSPS) is 17.8. The smallest absolute Gasteiger partial charge is 0.0302 e. The van der Waals surface area contributed by atoms with Crippen molar-refractivity contribution in [1.82, 2.24) is 15.1 Å². The fraction of sp³-hybridized carbons (Fsp3) is 0.765. The maximum atomic E-state index is 3.52. The summed E-state index contributed by atoms with van der Waals surface area (Å²) in [6.07, 6.45) is 1.27. The van der Waals surface area contributed by atoms with Gasteiger partial charge in [0.1, 0.15) is 0 Å². The quantitative estimate of drug-likeness (QED) is 0.835. The predicted molar refractivity (Wildman–Crippen MR) is 93.0 cm³/mol. The van der Waals surface area contributed by atoms with E-state index < -0.39 is 0 Å². The Bertz CT molecular complexity index is 420. The second kappa shape index (κ2) is 8.28. The van der Waals surface area contributed by atoms with Crippen LogP contribution >= 0.6 is 11.3 Å². The summed E-state index contributed by atoms with van der Waals surface area (Å²) in [6, 6.07) is 2.97. The Labute approximate surface area is 134 Å². The van der Waals surface area contributed by atoms with Gasteiger partial charge in [0.25, 0.3) is 0 Å². The van der Waals surface area contributed by atoms with Crippen molar-refractivity contribution in [1.29, 1.82) is 0 Å². The third-order valence-corrected chi connectivity index (χ3v) is 5.25. The summed E-state index contributed by atoms with van der Waals surface area (Å²) < 4.78 is 0. The van der Waals surface area contributed by atoms with Gasteiger partial charge in [-0.3, -0.25) is 4.90 Å². The van der Waals surface area contributed by atoms with Gasteiger partial charge in [-0.1, -0.05) is 20.8 Å². The molecular weight excluding hydrogens is 278 g/mol. The Morgan fingerprint density at radius 2 is 1.86 bits per heavy atom. The first kappa shape index (κ1) is 16.9. The van der Waals surface area contributed by atoms with E-state index in [1.54, 1.807) is 0 Å². The standard InChI is InChI=1S/C17H31N3S/c1-5-6-19-7-9-20(10-8-19)13-16-11-17(21-15(16)4)12-18-14(2)3/h11,14,18H,5-10,12-13H2,1-4H3. The van der Waals surface area contributed by atoms with E-state index in [9.17, 15) is 0 Å². The minimum absolute atomic E-state index is 0.558. The van der Waals surface area contributed by atoms with Crippen molar-refractivity contribution >= 4 is 11.3 Å². The van der Waals surface area contributed by atoms with Crippen LogP contribution in [0.5, 0.6) is 0 Å². The molecule has 2 rings (SSSR count). The lowest BCUT2D eigenvalue weighted by Gasteiger charge is -2.34. The van der Waals surface area contributed by atoms with Crippen LogP contribution in [0.3, 0.4) is 0 Å².